The first-order chi connectivity index (χ1) is 16.3. The van der Waals surface area contributed by atoms with Crippen LogP contribution in [0.4, 0.5) is 5.69 Å². The maximum absolute atomic E-state index is 12.6. The summed E-state index contributed by atoms with van der Waals surface area (Å²) in [6, 6.07) is 13.5. The van der Waals surface area contributed by atoms with E-state index in [1.807, 2.05) is 24.3 Å². The third-order valence-corrected chi connectivity index (χ3v) is 7.57. The van der Waals surface area contributed by atoms with Crippen molar-refractivity contribution in [3.63, 3.8) is 0 Å². The van der Waals surface area contributed by atoms with Gasteiger partial charge in [0.05, 0.1) is 17.7 Å². The topological polar surface area (TPSA) is 111 Å². The minimum absolute atomic E-state index is 0.156. The monoisotopic (exact) mass is 485 g/mol. The molecule has 1 heterocycles. The zero-order valence-corrected chi connectivity index (χ0v) is 20.3. The molecule has 0 aromatic heterocycles. The number of hydrazone groups is 1. The highest BCUT2D eigenvalue weighted by Gasteiger charge is 2.27. The molecule has 1 saturated heterocycles. The summed E-state index contributed by atoms with van der Waals surface area (Å²) in [5.74, 6) is -0.950. The second-order valence-corrected chi connectivity index (χ2v) is 9.81. The molecule has 2 aromatic carbocycles. The Morgan fingerprint density at radius 1 is 1.00 bits per heavy atom. The summed E-state index contributed by atoms with van der Waals surface area (Å²) in [4.78, 5) is 26.7. The lowest BCUT2D eigenvalue weighted by atomic mass is 10.2. The van der Waals surface area contributed by atoms with Gasteiger partial charge in [0.2, 0.25) is 10.0 Å². The second-order valence-electron chi connectivity index (χ2n) is 7.88. The minimum Gasteiger partial charge on any atom is -0.372 e. The summed E-state index contributed by atoms with van der Waals surface area (Å²) in [7, 11) is -3.53. The van der Waals surface area contributed by atoms with E-state index in [1.54, 1.807) is 0 Å². The van der Waals surface area contributed by atoms with Crippen molar-refractivity contribution >= 4 is 33.7 Å². The molecule has 182 valence electrons. The number of hydrogen-bond donors (Lipinski definition) is 2. The maximum Gasteiger partial charge on any atom is 0.259 e. The quantitative estimate of drug-likeness (QED) is 0.396. The van der Waals surface area contributed by atoms with Crippen LogP contribution in [0.5, 0.6) is 0 Å². The molecule has 0 saturated carbocycles. The first kappa shape index (κ1) is 25.4. The fourth-order valence-electron chi connectivity index (χ4n) is 3.70. The Labute approximate surface area is 200 Å². The van der Waals surface area contributed by atoms with Gasteiger partial charge in [-0.2, -0.15) is 9.41 Å². The first-order valence-electron chi connectivity index (χ1n) is 11.4. The van der Waals surface area contributed by atoms with E-state index >= 15 is 0 Å². The van der Waals surface area contributed by atoms with E-state index in [0.29, 0.717) is 13.1 Å². The van der Waals surface area contributed by atoms with Crippen molar-refractivity contribution in [2.24, 2.45) is 5.10 Å². The van der Waals surface area contributed by atoms with Gasteiger partial charge in [0.15, 0.2) is 0 Å². The van der Waals surface area contributed by atoms with Crippen molar-refractivity contribution in [2.45, 2.75) is 31.6 Å². The Hall–Kier alpha value is -3.24. The molecule has 10 heteroatoms. The summed E-state index contributed by atoms with van der Waals surface area (Å²) in [5.41, 5.74) is 4.61. The summed E-state index contributed by atoms with van der Waals surface area (Å²) in [6.45, 7) is 6.82. The standard InChI is InChI=1S/C24H31N5O4S/c1-3-28(4-2)21-11-7-19(8-12-21)17-26-27-23(30)18-25-24(31)20-9-13-22(14-10-20)34(32,33)29-15-5-6-16-29/h7-14,17H,3-6,15-16,18H2,1-2H3,(H,25,31)(H,27,30). The second kappa shape index (κ2) is 11.8. The molecule has 2 N–H and O–H groups in total. The van der Waals surface area contributed by atoms with Gasteiger partial charge in [-0.05, 0) is 68.7 Å². The smallest absolute Gasteiger partial charge is 0.259 e. The molecule has 34 heavy (non-hydrogen) atoms. The fraction of sp³-hybridized carbons (Fsp3) is 0.375. The number of nitrogens with zero attached hydrogens (tertiary/aromatic N) is 3. The van der Waals surface area contributed by atoms with Gasteiger partial charge in [0, 0.05) is 37.4 Å². The summed E-state index contributed by atoms with van der Waals surface area (Å²) in [6.07, 6.45) is 3.24. The van der Waals surface area contributed by atoms with Crippen LogP contribution >= 0.6 is 0 Å². The molecule has 1 fully saturated rings. The molecular weight excluding hydrogens is 454 g/mol. The number of carbonyl (C=O) groups excluding carboxylic acids is 2. The van der Waals surface area contributed by atoms with E-state index in [1.165, 1.54) is 34.8 Å². The summed E-state index contributed by atoms with van der Waals surface area (Å²) < 4.78 is 26.6. The zero-order chi connectivity index (χ0) is 24.6. The predicted octanol–water partition coefficient (Wildman–Crippen LogP) is 2.20. The number of anilines is 1. The fourth-order valence-corrected chi connectivity index (χ4v) is 5.21. The van der Waals surface area contributed by atoms with Crippen molar-refractivity contribution in [3.8, 4) is 0 Å². The lowest BCUT2D eigenvalue weighted by Crippen LogP contribution is -2.35. The van der Waals surface area contributed by atoms with Gasteiger partial charge in [0.25, 0.3) is 11.8 Å². The zero-order valence-electron chi connectivity index (χ0n) is 19.5. The van der Waals surface area contributed by atoms with Gasteiger partial charge in [-0.25, -0.2) is 13.8 Å². The Bertz CT molecular complexity index is 1110. The Morgan fingerprint density at radius 2 is 1.62 bits per heavy atom. The molecule has 9 nitrogen and oxygen atoms in total. The van der Waals surface area contributed by atoms with Gasteiger partial charge in [-0.1, -0.05) is 12.1 Å². The lowest BCUT2D eigenvalue weighted by molar-refractivity contribution is -0.120. The van der Waals surface area contributed by atoms with E-state index in [9.17, 15) is 18.0 Å². The highest BCUT2D eigenvalue weighted by atomic mass is 32.2. The summed E-state index contributed by atoms with van der Waals surface area (Å²) >= 11 is 0. The minimum atomic E-state index is -3.53. The van der Waals surface area contributed by atoms with Gasteiger partial charge >= 0.3 is 0 Å². The number of sulfonamides is 1. The SMILES string of the molecule is CCN(CC)c1ccc(C=NNC(=O)CNC(=O)c2ccc(S(=O)(=O)N3CCCC3)cc2)cc1. The van der Waals surface area contributed by atoms with Crippen LogP contribution in [0.2, 0.25) is 0 Å². The third-order valence-electron chi connectivity index (χ3n) is 5.65. The number of carbonyl (C=O) groups is 2. The largest absolute Gasteiger partial charge is 0.372 e. The molecule has 0 atom stereocenters. The molecule has 2 amide bonds. The predicted molar refractivity (Wildman–Crippen MR) is 133 cm³/mol. The van der Waals surface area contributed by atoms with Gasteiger partial charge in [-0.15, -0.1) is 0 Å². The molecule has 1 aliphatic heterocycles. The van der Waals surface area contributed by atoms with E-state index in [2.05, 4.69) is 34.6 Å². The highest BCUT2D eigenvalue weighted by Crippen LogP contribution is 2.21. The Kier molecular flexibility index (Phi) is 8.78. The first-order valence-corrected chi connectivity index (χ1v) is 12.8. The van der Waals surface area contributed by atoms with Gasteiger partial charge in [0.1, 0.15) is 0 Å². The summed E-state index contributed by atoms with van der Waals surface area (Å²) in [5, 5.41) is 6.43. The molecule has 0 aliphatic carbocycles. The van der Waals surface area contributed by atoms with Crippen molar-refractivity contribution in [1.29, 1.82) is 0 Å². The number of benzene rings is 2. The van der Waals surface area contributed by atoms with Crippen LogP contribution in [-0.4, -0.2) is 63.5 Å². The molecule has 3 rings (SSSR count). The van der Waals surface area contributed by atoms with E-state index < -0.39 is 21.8 Å². The van der Waals surface area contributed by atoms with Crippen LogP contribution in [-0.2, 0) is 14.8 Å². The van der Waals surface area contributed by atoms with Crippen LogP contribution in [0.1, 0.15) is 42.6 Å². The van der Waals surface area contributed by atoms with E-state index in [4.69, 9.17) is 0 Å². The van der Waals surface area contributed by atoms with Gasteiger partial charge < -0.3 is 10.2 Å². The number of amides is 2. The normalized spacial score (nSPS) is 14.3. The molecule has 0 radical (unpaired) electrons. The average Bonchev–Trinajstić information content (AvgIpc) is 3.40. The van der Waals surface area contributed by atoms with Gasteiger partial charge in [-0.3, -0.25) is 9.59 Å². The van der Waals surface area contributed by atoms with Crippen LogP contribution in [0.25, 0.3) is 0 Å². The van der Waals surface area contributed by atoms with Crippen molar-refractivity contribution in [3.05, 3.63) is 59.7 Å². The van der Waals surface area contributed by atoms with Crippen LogP contribution in [0, 0.1) is 0 Å². The average molecular weight is 486 g/mol. The molecule has 0 bridgehead atoms. The molecule has 2 aromatic rings. The van der Waals surface area contributed by atoms with Crippen molar-refractivity contribution in [2.75, 3.05) is 37.6 Å². The lowest BCUT2D eigenvalue weighted by Gasteiger charge is -2.20. The molecule has 0 unspecified atom stereocenters. The number of nitrogens with one attached hydrogen (secondary N) is 2. The number of hydrogen-bond acceptors (Lipinski definition) is 6. The van der Waals surface area contributed by atoms with E-state index in [0.717, 1.165) is 37.2 Å². The number of rotatable bonds is 10. The van der Waals surface area contributed by atoms with Crippen LogP contribution in [0.3, 0.4) is 0 Å². The van der Waals surface area contributed by atoms with Crippen molar-refractivity contribution in [1.82, 2.24) is 15.0 Å². The molecular formula is C24H31N5O4S. The maximum atomic E-state index is 12.6. The Balaban J connectivity index is 1.47. The van der Waals surface area contributed by atoms with Crippen molar-refractivity contribution < 1.29 is 18.0 Å². The third kappa shape index (κ3) is 6.42. The highest BCUT2D eigenvalue weighted by molar-refractivity contribution is 7.89. The van der Waals surface area contributed by atoms with E-state index in [-0.39, 0.29) is 17.0 Å². The van der Waals surface area contributed by atoms with Crippen LogP contribution < -0.4 is 15.6 Å². The molecule has 0 spiro atoms. The molecule has 1 aliphatic rings. The van der Waals surface area contributed by atoms with Crippen LogP contribution in [0.15, 0.2) is 58.5 Å². The Morgan fingerprint density at radius 3 is 2.21 bits per heavy atom.